The molecular formula is C25H34N6O. The van der Waals surface area contributed by atoms with Crippen molar-refractivity contribution in [3.05, 3.63) is 46.8 Å². The number of rotatable bonds is 5. The lowest BCUT2D eigenvalue weighted by atomic mass is 9.96. The van der Waals surface area contributed by atoms with E-state index in [0.29, 0.717) is 11.9 Å². The summed E-state index contributed by atoms with van der Waals surface area (Å²) in [7, 11) is 1.99. The van der Waals surface area contributed by atoms with Crippen LogP contribution in [-0.4, -0.2) is 66.0 Å². The zero-order valence-corrected chi connectivity index (χ0v) is 19.4. The first-order chi connectivity index (χ1) is 15.5. The fourth-order valence-corrected chi connectivity index (χ4v) is 4.88. The number of likely N-dealkylation sites (N-methyl/N-ethyl adjacent to an activating group) is 1. The number of amidine groups is 1. The number of hydrogen-bond acceptors (Lipinski definition) is 5. The van der Waals surface area contributed by atoms with Crippen molar-refractivity contribution in [1.82, 2.24) is 20.0 Å². The summed E-state index contributed by atoms with van der Waals surface area (Å²) in [5.41, 5.74) is 8.19. The Morgan fingerprint density at radius 3 is 2.75 bits per heavy atom. The molecule has 0 bridgehead atoms. The SMILES string of the molecule is CCN1CCC(NC2COC2)=C(C(=N)N2CCCc3cc(-c4cc(C)n(C)n4)ccc32)C1. The van der Waals surface area contributed by atoms with Crippen molar-refractivity contribution in [2.24, 2.45) is 7.05 Å². The van der Waals surface area contributed by atoms with Crippen molar-refractivity contribution in [2.45, 2.75) is 39.2 Å². The first kappa shape index (κ1) is 21.2. The lowest BCUT2D eigenvalue weighted by Crippen LogP contribution is -2.49. The smallest absolute Gasteiger partial charge is 0.131 e. The Morgan fingerprint density at radius 2 is 2.06 bits per heavy atom. The highest BCUT2D eigenvalue weighted by molar-refractivity contribution is 6.09. The first-order valence-corrected chi connectivity index (χ1v) is 11.8. The molecule has 1 aromatic carbocycles. The van der Waals surface area contributed by atoms with Crippen LogP contribution in [0.3, 0.4) is 0 Å². The third-order valence-corrected chi connectivity index (χ3v) is 7.05. The number of anilines is 1. The molecule has 4 heterocycles. The summed E-state index contributed by atoms with van der Waals surface area (Å²) in [6.45, 7) is 9.61. The van der Waals surface area contributed by atoms with Crippen LogP contribution in [0.4, 0.5) is 5.69 Å². The molecule has 0 aliphatic carbocycles. The maximum Gasteiger partial charge on any atom is 0.131 e. The van der Waals surface area contributed by atoms with E-state index in [1.807, 2.05) is 11.7 Å². The van der Waals surface area contributed by atoms with E-state index in [-0.39, 0.29) is 0 Å². The molecule has 170 valence electrons. The molecule has 0 saturated carbocycles. The standard InChI is InChI=1S/C25H34N6O/c1-4-30-11-9-22(27-20-15-32-16-20)21(14-30)25(26)31-10-5-6-19-13-18(7-8-24(19)31)23-12-17(2)29(3)28-23/h7-8,12-13,20,26-27H,4-6,9-11,14-16H2,1-3H3. The van der Waals surface area contributed by atoms with Gasteiger partial charge in [0.1, 0.15) is 5.84 Å². The van der Waals surface area contributed by atoms with E-state index < -0.39 is 0 Å². The van der Waals surface area contributed by atoms with Gasteiger partial charge in [-0.25, -0.2) is 0 Å². The number of aromatic nitrogens is 2. The van der Waals surface area contributed by atoms with E-state index in [2.05, 4.69) is 58.3 Å². The molecule has 0 atom stereocenters. The molecule has 1 aromatic heterocycles. The van der Waals surface area contributed by atoms with Crippen molar-refractivity contribution in [3.63, 3.8) is 0 Å². The van der Waals surface area contributed by atoms with Crippen LogP contribution < -0.4 is 10.2 Å². The predicted octanol–water partition coefficient (Wildman–Crippen LogP) is 3.09. The minimum atomic E-state index is 0.388. The van der Waals surface area contributed by atoms with Crippen LogP contribution in [0.1, 0.15) is 31.0 Å². The monoisotopic (exact) mass is 434 g/mol. The van der Waals surface area contributed by atoms with E-state index in [0.717, 1.165) is 81.2 Å². The first-order valence-electron chi connectivity index (χ1n) is 11.8. The van der Waals surface area contributed by atoms with Gasteiger partial charge >= 0.3 is 0 Å². The van der Waals surface area contributed by atoms with Crippen LogP contribution in [-0.2, 0) is 18.2 Å². The topological polar surface area (TPSA) is 69.4 Å². The fraction of sp³-hybridized carbons (Fsp3) is 0.520. The number of fused-ring (bicyclic) bond motifs is 1. The predicted molar refractivity (Wildman–Crippen MR) is 128 cm³/mol. The molecule has 2 N–H and O–H groups in total. The number of ether oxygens (including phenoxy) is 1. The van der Waals surface area contributed by atoms with Gasteiger partial charge in [-0.15, -0.1) is 0 Å². The molecular weight excluding hydrogens is 400 g/mol. The fourth-order valence-electron chi connectivity index (χ4n) is 4.88. The van der Waals surface area contributed by atoms with Gasteiger partial charge in [0.2, 0.25) is 0 Å². The van der Waals surface area contributed by atoms with Gasteiger partial charge in [0.05, 0.1) is 24.9 Å². The Morgan fingerprint density at radius 1 is 1.22 bits per heavy atom. The van der Waals surface area contributed by atoms with E-state index in [1.54, 1.807) is 0 Å². The molecule has 7 heteroatoms. The summed E-state index contributed by atoms with van der Waals surface area (Å²) >= 11 is 0. The van der Waals surface area contributed by atoms with Gasteiger partial charge in [0, 0.05) is 61.3 Å². The summed E-state index contributed by atoms with van der Waals surface area (Å²) in [6.07, 6.45) is 3.08. The molecule has 0 unspecified atom stereocenters. The van der Waals surface area contributed by atoms with Gasteiger partial charge in [-0.05, 0) is 50.1 Å². The highest BCUT2D eigenvalue weighted by atomic mass is 16.5. The van der Waals surface area contributed by atoms with Crippen molar-refractivity contribution >= 4 is 11.5 Å². The molecule has 5 rings (SSSR count). The van der Waals surface area contributed by atoms with Crippen molar-refractivity contribution < 1.29 is 4.74 Å². The van der Waals surface area contributed by atoms with Gasteiger partial charge in [-0.2, -0.15) is 5.10 Å². The van der Waals surface area contributed by atoms with Crippen LogP contribution in [0.2, 0.25) is 0 Å². The molecule has 7 nitrogen and oxygen atoms in total. The second kappa shape index (κ2) is 8.71. The van der Waals surface area contributed by atoms with Gasteiger partial charge in [0.15, 0.2) is 0 Å². The third kappa shape index (κ3) is 3.95. The van der Waals surface area contributed by atoms with Crippen LogP contribution >= 0.6 is 0 Å². The van der Waals surface area contributed by atoms with Gasteiger partial charge in [-0.1, -0.05) is 13.0 Å². The van der Waals surface area contributed by atoms with E-state index >= 15 is 0 Å². The number of aryl methyl sites for hydroxylation is 3. The van der Waals surface area contributed by atoms with E-state index in [4.69, 9.17) is 4.74 Å². The van der Waals surface area contributed by atoms with Crippen LogP contribution in [0, 0.1) is 12.3 Å². The molecule has 0 amide bonds. The molecule has 3 aliphatic rings. The summed E-state index contributed by atoms with van der Waals surface area (Å²) in [5.74, 6) is 0.647. The quantitative estimate of drug-likeness (QED) is 0.559. The second-order valence-corrected chi connectivity index (χ2v) is 9.20. The molecule has 3 aliphatic heterocycles. The summed E-state index contributed by atoms with van der Waals surface area (Å²) in [4.78, 5) is 4.66. The summed E-state index contributed by atoms with van der Waals surface area (Å²) < 4.78 is 7.29. The molecule has 32 heavy (non-hydrogen) atoms. The second-order valence-electron chi connectivity index (χ2n) is 9.20. The zero-order valence-electron chi connectivity index (χ0n) is 19.4. The van der Waals surface area contributed by atoms with Crippen molar-refractivity contribution in [2.75, 3.05) is 44.3 Å². The highest BCUT2D eigenvalue weighted by Crippen LogP contribution is 2.33. The number of hydrogen-bond donors (Lipinski definition) is 2. The number of nitrogens with zero attached hydrogens (tertiary/aromatic N) is 4. The molecule has 0 spiro atoms. The molecule has 1 fully saturated rings. The van der Waals surface area contributed by atoms with E-state index in [1.165, 1.54) is 16.9 Å². The lowest BCUT2D eigenvalue weighted by molar-refractivity contribution is -0.00165. The number of benzene rings is 1. The normalized spacial score (nSPS) is 19.7. The van der Waals surface area contributed by atoms with Crippen LogP contribution in [0.15, 0.2) is 35.5 Å². The Balaban J connectivity index is 1.45. The summed E-state index contributed by atoms with van der Waals surface area (Å²) in [5, 5.41) is 17.6. The third-order valence-electron chi connectivity index (χ3n) is 7.05. The van der Waals surface area contributed by atoms with E-state index in [9.17, 15) is 5.41 Å². The van der Waals surface area contributed by atoms with Crippen LogP contribution in [0.25, 0.3) is 11.3 Å². The maximum absolute atomic E-state index is 9.23. The Kier molecular flexibility index (Phi) is 5.78. The lowest BCUT2D eigenvalue weighted by Gasteiger charge is -2.38. The maximum atomic E-state index is 9.23. The van der Waals surface area contributed by atoms with Gasteiger partial charge < -0.3 is 15.0 Å². The highest BCUT2D eigenvalue weighted by Gasteiger charge is 2.30. The molecule has 0 radical (unpaired) electrons. The molecule has 1 saturated heterocycles. The van der Waals surface area contributed by atoms with Crippen LogP contribution in [0.5, 0.6) is 0 Å². The van der Waals surface area contributed by atoms with Gasteiger partial charge in [0.25, 0.3) is 0 Å². The summed E-state index contributed by atoms with van der Waals surface area (Å²) in [6, 6.07) is 9.15. The average molecular weight is 435 g/mol. The average Bonchev–Trinajstić information content (AvgIpc) is 3.13. The Labute approximate surface area is 190 Å². The minimum Gasteiger partial charge on any atom is -0.381 e. The van der Waals surface area contributed by atoms with Gasteiger partial charge in [-0.3, -0.25) is 15.0 Å². The largest absolute Gasteiger partial charge is 0.381 e. The Hall–Kier alpha value is -2.64. The minimum absolute atomic E-state index is 0.388. The number of nitrogens with one attached hydrogen (secondary N) is 2. The Bertz CT molecular complexity index is 1030. The zero-order chi connectivity index (χ0) is 22.2. The molecule has 2 aromatic rings. The van der Waals surface area contributed by atoms with Crippen molar-refractivity contribution in [1.29, 1.82) is 5.41 Å². The van der Waals surface area contributed by atoms with Crippen molar-refractivity contribution in [3.8, 4) is 11.3 Å².